The molecule has 1 atom stereocenters. The van der Waals surface area contributed by atoms with E-state index in [1.165, 1.54) is 0 Å². The van der Waals surface area contributed by atoms with Gasteiger partial charge in [0.15, 0.2) is 0 Å². The van der Waals surface area contributed by atoms with Crippen molar-refractivity contribution in [2.24, 2.45) is 5.92 Å². The van der Waals surface area contributed by atoms with Crippen molar-refractivity contribution in [1.82, 2.24) is 5.32 Å². The van der Waals surface area contributed by atoms with Crippen molar-refractivity contribution < 1.29 is 9.90 Å². The number of hydrogen-bond acceptors (Lipinski definition) is 2. The predicted octanol–water partition coefficient (Wildman–Crippen LogP) is 1.44. The van der Waals surface area contributed by atoms with Gasteiger partial charge in [-0.2, -0.15) is 0 Å². The minimum atomic E-state index is -0.626. The van der Waals surface area contributed by atoms with Gasteiger partial charge in [-0.05, 0) is 25.2 Å². The van der Waals surface area contributed by atoms with Crippen molar-refractivity contribution in [3.05, 3.63) is 0 Å². The standard InChI is InChI=1S/C10H18BrNO2/c1-7(2)8(11)9(13)12-6-10(14)4-3-5-10/h7-8,14H,3-6H2,1-2H3,(H,12,13). The number of aliphatic hydroxyl groups is 1. The lowest BCUT2D eigenvalue weighted by atomic mass is 9.80. The van der Waals surface area contributed by atoms with Crippen molar-refractivity contribution in [2.75, 3.05) is 6.54 Å². The summed E-state index contributed by atoms with van der Waals surface area (Å²) in [5.41, 5.74) is -0.626. The molecule has 1 aliphatic carbocycles. The molecule has 0 aromatic rings. The first kappa shape index (κ1) is 12.0. The SMILES string of the molecule is CC(C)C(Br)C(=O)NCC1(O)CCC1. The molecule has 1 unspecified atom stereocenters. The fourth-order valence-corrected chi connectivity index (χ4v) is 1.58. The highest BCUT2D eigenvalue weighted by molar-refractivity contribution is 9.10. The maximum atomic E-state index is 11.5. The summed E-state index contributed by atoms with van der Waals surface area (Å²) >= 11 is 3.32. The molecule has 1 aliphatic rings. The normalized spacial score (nSPS) is 21.5. The molecule has 1 amide bonds. The average molecular weight is 264 g/mol. The first-order chi connectivity index (χ1) is 6.44. The average Bonchev–Trinajstić information content (AvgIpc) is 2.09. The van der Waals surface area contributed by atoms with Crippen LogP contribution in [0.5, 0.6) is 0 Å². The number of hydrogen-bond donors (Lipinski definition) is 2. The van der Waals surface area contributed by atoms with E-state index in [2.05, 4.69) is 21.2 Å². The molecule has 0 spiro atoms. The van der Waals surface area contributed by atoms with Crippen molar-refractivity contribution in [3.63, 3.8) is 0 Å². The van der Waals surface area contributed by atoms with Crippen LogP contribution in [0.15, 0.2) is 0 Å². The molecule has 1 fully saturated rings. The number of amides is 1. The van der Waals surface area contributed by atoms with Crippen LogP contribution in [0.1, 0.15) is 33.1 Å². The van der Waals surface area contributed by atoms with Gasteiger partial charge in [0, 0.05) is 6.54 Å². The van der Waals surface area contributed by atoms with Crippen LogP contribution >= 0.6 is 15.9 Å². The van der Waals surface area contributed by atoms with Gasteiger partial charge in [0.2, 0.25) is 5.91 Å². The Hall–Kier alpha value is -0.0900. The minimum absolute atomic E-state index is 0.0275. The molecule has 0 heterocycles. The second kappa shape index (κ2) is 4.62. The first-order valence-electron chi connectivity index (χ1n) is 5.09. The molecule has 1 rings (SSSR count). The van der Waals surface area contributed by atoms with Crippen molar-refractivity contribution in [1.29, 1.82) is 0 Å². The minimum Gasteiger partial charge on any atom is -0.388 e. The van der Waals surface area contributed by atoms with E-state index in [-0.39, 0.29) is 16.7 Å². The molecule has 0 aromatic carbocycles. The lowest BCUT2D eigenvalue weighted by molar-refractivity contribution is -0.123. The molecule has 82 valence electrons. The fourth-order valence-electron chi connectivity index (χ4n) is 1.41. The predicted molar refractivity (Wildman–Crippen MR) is 59.4 cm³/mol. The molecule has 0 radical (unpaired) electrons. The van der Waals surface area contributed by atoms with Crippen LogP contribution in [0.3, 0.4) is 0 Å². The Morgan fingerprint density at radius 1 is 1.57 bits per heavy atom. The van der Waals surface area contributed by atoms with Gasteiger partial charge in [-0.25, -0.2) is 0 Å². The van der Waals surface area contributed by atoms with Crippen molar-refractivity contribution >= 4 is 21.8 Å². The molecule has 0 aliphatic heterocycles. The highest BCUT2D eigenvalue weighted by atomic mass is 79.9. The summed E-state index contributed by atoms with van der Waals surface area (Å²) in [7, 11) is 0. The summed E-state index contributed by atoms with van der Waals surface area (Å²) in [6, 6.07) is 0. The summed E-state index contributed by atoms with van der Waals surface area (Å²) in [6.07, 6.45) is 2.68. The number of carbonyl (C=O) groups excluding carboxylic acids is 1. The Morgan fingerprint density at radius 2 is 2.14 bits per heavy atom. The fraction of sp³-hybridized carbons (Fsp3) is 0.900. The Labute approximate surface area is 93.4 Å². The molecule has 3 nitrogen and oxygen atoms in total. The van der Waals surface area contributed by atoms with Gasteiger partial charge < -0.3 is 10.4 Å². The molecule has 14 heavy (non-hydrogen) atoms. The van der Waals surface area contributed by atoms with Crippen LogP contribution in [0.2, 0.25) is 0 Å². The highest BCUT2D eigenvalue weighted by Crippen LogP contribution is 2.30. The molecule has 0 saturated heterocycles. The van der Waals surface area contributed by atoms with E-state index in [1.807, 2.05) is 13.8 Å². The van der Waals surface area contributed by atoms with Crippen LogP contribution in [0, 0.1) is 5.92 Å². The van der Waals surface area contributed by atoms with Gasteiger partial charge in [0.1, 0.15) is 0 Å². The molecular weight excluding hydrogens is 246 g/mol. The monoisotopic (exact) mass is 263 g/mol. The van der Waals surface area contributed by atoms with E-state index in [4.69, 9.17) is 0 Å². The van der Waals surface area contributed by atoms with Gasteiger partial charge in [-0.3, -0.25) is 4.79 Å². The molecular formula is C10H18BrNO2. The van der Waals surface area contributed by atoms with Gasteiger partial charge in [-0.15, -0.1) is 0 Å². The smallest absolute Gasteiger partial charge is 0.234 e. The van der Waals surface area contributed by atoms with Gasteiger partial charge in [-0.1, -0.05) is 29.8 Å². The molecule has 0 aromatic heterocycles. The lowest BCUT2D eigenvalue weighted by Gasteiger charge is -2.36. The summed E-state index contributed by atoms with van der Waals surface area (Å²) in [5, 5.41) is 12.5. The number of halogens is 1. The van der Waals surface area contributed by atoms with Crippen LogP contribution in [-0.4, -0.2) is 28.0 Å². The largest absolute Gasteiger partial charge is 0.388 e. The van der Waals surface area contributed by atoms with Crippen molar-refractivity contribution in [2.45, 2.75) is 43.5 Å². The van der Waals surface area contributed by atoms with Gasteiger partial charge in [0.05, 0.1) is 10.4 Å². The van der Waals surface area contributed by atoms with Gasteiger partial charge >= 0.3 is 0 Å². The van der Waals surface area contributed by atoms with E-state index in [1.54, 1.807) is 0 Å². The Morgan fingerprint density at radius 3 is 2.50 bits per heavy atom. The molecule has 0 bridgehead atoms. The van der Waals surface area contributed by atoms with E-state index >= 15 is 0 Å². The van der Waals surface area contributed by atoms with E-state index in [9.17, 15) is 9.90 Å². The number of rotatable bonds is 4. The van der Waals surface area contributed by atoms with Gasteiger partial charge in [0.25, 0.3) is 0 Å². The number of nitrogens with one attached hydrogen (secondary N) is 1. The van der Waals surface area contributed by atoms with Crippen LogP contribution in [-0.2, 0) is 4.79 Å². The molecule has 2 N–H and O–H groups in total. The summed E-state index contributed by atoms with van der Waals surface area (Å²) in [6.45, 7) is 4.36. The van der Waals surface area contributed by atoms with E-state index in [0.29, 0.717) is 6.54 Å². The Kier molecular flexibility index (Phi) is 3.95. The molecule has 4 heteroatoms. The zero-order chi connectivity index (χ0) is 10.8. The molecule has 1 saturated carbocycles. The van der Waals surface area contributed by atoms with E-state index in [0.717, 1.165) is 19.3 Å². The number of alkyl halides is 1. The summed E-state index contributed by atoms with van der Waals surface area (Å²) in [4.78, 5) is 11.3. The van der Waals surface area contributed by atoms with E-state index < -0.39 is 5.60 Å². The maximum absolute atomic E-state index is 11.5. The van der Waals surface area contributed by atoms with Crippen LogP contribution < -0.4 is 5.32 Å². The van der Waals surface area contributed by atoms with Crippen LogP contribution in [0.25, 0.3) is 0 Å². The Bertz CT molecular complexity index is 214. The van der Waals surface area contributed by atoms with Crippen molar-refractivity contribution in [3.8, 4) is 0 Å². The zero-order valence-corrected chi connectivity index (χ0v) is 10.3. The van der Waals surface area contributed by atoms with Crippen LogP contribution in [0.4, 0.5) is 0 Å². The summed E-state index contributed by atoms with van der Waals surface area (Å²) in [5.74, 6) is 0.242. The quantitative estimate of drug-likeness (QED) is 0.755. The third kappa shape index (κ3) is 2.95. The highest BCUT2D eigenvalue weighted by Gasteiger charge is 2.35. The third-order valence-corrected chi connectivity index (χ3v) is 4.18. The number of carbonyl (C=O) groups is 1. The first-order valence-corrected chi connectivity index (χ1v) is 6.00. The second-order valence-corrected chi connectivity index (χ2v) is 5.43. The topological polar surface area (TPSA) is 49.3 Å². The third-order valence-electron chi connectivity index (χ3n) is 2.71. The zero-order valence-electron chi connectivity index (χ0n) is 8.72. The lowest BCUT2D eigenvalue weighted by Crippen LogP contribution is -2.49. The second-order valence-electron chi connectivity index (χ2n) is 4.44. The summed E-state index contributed by atoms with van der Waals surface area (Å²) < 4.78 is 0. The maximum Gasteiger partial charge on any atom is 0.234 e. The Balaban J connectivity index is 2.27.